The van der Waals surface area contributed by atoms with Crippen molar-refractivity contribution >= 4 is 34.8 Å². The predicted molar refractivity (Wildman–Crippen MR) is 120 cm³/mol. The summed E-state index contributed by atoms with van der Waals surface area (Å²) in [4.78, 5) is 11.8. The van der Waals surface area contributed by atoms with Gasteiger partial charge in [-0.2, -0.15) is 8.42 Å². The second-order valence-corrected chi connectivity index (χ2v) is 14.1. The molecule has 8 heteroatoms. The van der Waals surface area contributed by atoms with E-state index in [1.54, 1.807) is 0 Å². The summed E-state index contributed by atoms with van der Waals surface area (Å²) in [5.74, 6) is -0.560. The molecular weight excluding hydrogens is 420 g/mol. The van der Waals surface area contributed by atoms with Crippen molar-refractivity contribution in [3.05, 3.63) is 60.7 Å². The van der Waals surface area contributed by atoms with Gasteiger partial charge in [0.15, 0.2) is 0 Å². The zero-order valence-electron chi connectivity index (χ0n) is 18.1. The standard InChI is InChI=1S/C22H30O6SSi/c1-22(2,3)30(19-12-8-6-9-13-19,20-14-10-7-11-15-20)27-17-18(16-21(23)26-4)28-29(5,24)25/h6-15,18H,16-17H2,1-5H3/t18-/m0/s1. The fourth-order valence-corrected chi connectivity index (χ4v) is 8.83. The zero-order chi connectivity index (χ0) is 22.4. The molecule has 0 saturated heterocycles. The van der Waals surface area contributed by atoms with Crippen LogP contribution in [0.25, 0.3) is 0 Å². The summed E-state index contributed by atoms with van der Waals surface area (Å²) in [5.41, 5.74) is 0. The molecular formula is C22H30O6SSi. The van der Waals surface area contributed by atoms with Gasteiger partial charge in [-0.25, -0.2) is 0 Å². The third-order valence-corrected chi connectivity index (χ3v) is 10.5. The van der Waals surface area contributed by atoms with Crippen LogP contribution in [0.5, 0.6) is 0 Å². The van der Waals surface area contributed by atoms with E-state index in [0.717, 1.165) is 16.6 Å². The average Bonchev–Trinajstić information content (AvgIpc) is 2.67. The highest BCUT2D eigenvalue weighted by Gasteiger charge is 2.50. The van der Waals surface area contributed by atoms with Gasteiger partial charge in [-0.1, -0.05) is 81.4 Å². The van der Waals surface area contributed by atoms with Crippen molar-refractivity contribution in [3.8, 4) is 0 Å². The first-order valence-corrected chi connectivity index (χ1v) is 13.4. The van der Waals surface area contributed by atoms with E-state index in [1.165, 1.54) is 7.11 Å². The second-order valence-electron chi connectivity index (χ2n) is 8.18. The number of hydrogen-bond acceptors (Lipinski definition) is 6. The first-order chi connectivity index (χ1) is 14.0. The summed E-state index contributed by atoms with van der Waals surface area (Å²) in [7, 11) is -5.40. The first-order valence-electron chi connectivity index (χ1n) is 9.69. The molecule has 0 fully saturated rings. The molecule has 0 saturated carbocycles. The molecule has 0 radical (unpaired) electrons. The fraction of sp³-hybridized carbons (Fsp3) is 0.409. The van der Waals surface area contributed by atoms with Gasteiger partial charge < -0.3 is 9.16 Å². The Morgan fingerprint density at radius 2 is 1.43 bits per heavy atom. The number of carbonyl (C=O) groups is 1. The summed E-state index contributed by atoms with van der Waals surface area (Å²) in [5, 5.41) is 1.83. The van der Waals surface area contributed by atoms with Crippen LogP contribution >= 0.6 is 0 Å². The lowest BCUT2D eigenvalue weighted by molar-refractivity contribution is -0.142. The summed E-state index contributed by atoms with van der Waals surface area (Å²) in [6, 6.07) is 19.9. The Morgan fingerprint density at radius 3 is 1.80 bits per heavy atom. The molecule has 0 aliphatic heterocycles. The zero-order valence-corrected chi connectivity index (χ0v) is 19.9. The maximum atomic E-state index is 11.8. The van der Waals surface area contributed by atoms with Crippen LogP contribution in [-0.2, 0) is 28.3 Å². The Morgan fingerprint density at radius 1 is 0.967 bits per heavy atom. The van der Waals surface area contributed by atoms with E-state index in [0.29, 0.717) is 0 Å². The van der Waals surface area contributed by atoms with Crippen molar-refractivity contribution in [2.45, 2.75) is 38.3 Å². The topological polar surface area (TPSA) is 78.9 Å². The summed E-state index contributed by atoms with van der Waals surface area (Å²) >= 11 is 0. The third-order valence-electron chi connectivity index (χ3n) is 4.84. The number of ether oxygens (including phenoxy) is 1. The normalized spacial score (nSPS) is 13.6. The lowest BCUT2D eigenvalue weighted by atomic mass is 10.2. The van der Waals surface area contributed by atoms with Gasteiger partial charge in [-0.05, 0) is 15.4 Å². The quantitative estimate of drug-likeness (QED) is 0.332. The van der Waals surface area contributed by atoms with Crippen LogP contribution in [0.3, 0.4) is 0 Å². The molecule has 164 valence electrons. The number of carbonyl (C=O) groups excluding carboxylic acids is 1. The lowest BCUT2D eigenvalue weighted by Gasteiger charge is -2.43. The van der Waals surface area contributed by atoms with E-state index >= 15 is 0 Å². The fourth-order valence-electron chi connectivity index (χ4n) is 3.62. The Balaban J connectivity index is 2.52. The average molecular weight is 451 g/mol. The largest absolute Gasteiger partial charge is 0.469 e. The minimum absolute atomic E-state index is 0.0601. The number of hydrogen-bond donors (Lipinski definition) is 0. The van der Waals surface area contributed by atoms with Crippen molar-refractivity contribution in [1.82, 2.24) is 0 Å². The van der Waals surface area contributed by atoms with Crippen LogP contribution in [0.2, 0.25) is 5.04 Å². The Kier molecular flexibility index (Phi) is 7.98. The molecule has 2 rings (SSSR count). The smallest absolute Gasteiger partial charge is 0.308 e. The monoisotopic (exact) mass is 450 g/mol. The third kappa shape index (κ3) is 6.01. The molecule has 0 unspecified atom stereocenters. The maximum Gasteiger partial charge on any atom is 0.308 e. The van der Waals surface area contributed by atoms with Crippen LogP contribution in [-0.4, -0.2) is 48.8 Å². The Labute approximate surface area is 180 Å². The molecule has 2 aromatic carbocycles. The summed E-state index contributed by atoms with van der Waals surface area (Å²) < 4.78 is 40.0. The van der Waals surface area contributed by atoms with Crippen molar-refractivity contribution in [3.63, 3.8) is 0 Å². The first kappa shape index (κ1) is 24.3. The molecule has 0 heterocycles. The van der Waals surface area contributed by atoms with E-state index in [1.807, 2.05) is 60.7 Å². The molecule has 0 amide bonds. The molecule has 0 aromatic heterocycles. The van der Waals surface area contributed by atoms with Crippen molar-refractivity contribution in [1.29, 1.82) is 0 Å². The van der Waals surface area contributed by atoms with Crippen LogP contribution in [0, 0.1) is 0 Å². The Bertz CT molecular complexity index is 884. The van der Waals surface area contributed by atoms with Crippen LogP contribution in [0.4, 0.5) is 0 Å². The summed E-state index contributed by atoms with van der Waals surface area (Å²) in [6.45, 7) is 6.29. The summed E-state index contributed by atoms with van der Waals surface area (Å²) in [6.07, 6.45) is -0.240. The molecule has 0 aliphatic carbocycles. The van der Waals surface area contributed by atoms with E-state index in [9.17, 15) is 13.2 Å². The minimum atomic E-state index is -3.78. The highest BCUT2D eigenvalue weighted by Crippen LogP contribution is 2.37. The molecule has 2 aromatic rings. The molecule has 0 aliphatic rings. The van der Waals surface area contributed by atoms with Crippen LogP contribution in [0.1, 0.15) is 27.2 Å². The predicted octanol–water partition coefficient (Wildman–Crippen LogP) is 2.47. The molecule has 6 nitrogen and oxygen atoms in total. The minimum Gasteiger partial charge on any atom is -0.469 e. The van der Waals surface area contributed by atoms with Gasteiger partial charge >= 0.3 is 5.97 Å². The number of esters is 1. The second kappa shape index (κ2) is 9.87. The van der Waals surface area contributed by atoms with Gasteiger partial charge in [-0.15, -0.1) is 0 Å². The Hall–Kier alpha value is -2.00. The van der Waals surface area contributed by atoms with E-state index in [-0.39, 0.29) is 18.1 Å². The SMILES string of the molecule is COC(=O)C[C@@H](CO[Si](c1ccccc1)(c1ccccc1)C(C)(C)C)OS(C)(=O)=O. The molecule has 0 spiro atoms. The van der Waals surface area contributed by atoms with Gasteiger partial charge in [0.05, 0.1) is 26.4 Å². The lowest BCUT2D eigenvalue weighted by Crippen LogP contribution is -2.67. The van der Waals surface area contributed by atoms with Crippen LogP contribution < -0.4 is 10.4 Å². The van der Waals surface area contributed by atoms with Gasteiger partial charge in [0, 0.05) is 0 Å². The van der Waals surface area contributed by atoms with Gasteiger partial charge in [0.1, 0.15) is 6.10 Å². The number of methoxy groups -OCH3 is 1. The number of benzene rings is 2. The molecule has 30 heavy (non-hydrogen) atoms. The maximum absolute atomic E-state index is 11.8. The van der Waals surface area contributed by atoms with E-state index in [2.05, 4.69) is 20.8 Å². The molecule has 0 N–H and O–H groups in total. The van der Waals surface area contributed by atoms with Crippen molar-refractivity contribution in [2.24, 2.45) is 0 Å². The molecule has 0 bridgehead atoms. The number of rotatable bonds is 9. The van der Waals surface area contributed by atoms with Gasteiger partial charge in [0.25, 0.3) is 18.4 Å². The van der Waals surface area contributed by atoms with E-state index in [4.69, 9.17) is 13.3 Å². The van der Waals surface area contributed by atoms with Gasteiger partial charge in [0.2, 0.25) is 0 Å². The van der Waals surface area contributed by atoms with Crippen molar-refractivity contribution in [2.75, 3.05) is 20.0 Å². The van der Waals surface area contributed by atoms with E-state index < -0.39 is 30.5 Å². The van der Waals surface area contributed by atoms with Crippen LogP contribution in [0.15, 0.2) is 60.7 Å². The van der Waals surface area contributed by atoms with Crippen molar-refractivity contribution < 1.29 is 26.6 Å². The molecule has 1 atom stereocenters. The highest BCUT2D eigenvalue weighted by molar-refractivity contribution is 7.86. The van der Waals surface area contributed by atoms with Gasteiger partial charge in [-0.3, -0.25) is 8.98 Å². The highest BCUT2D eigenvalue weighted by atomic mass is 32.2.